The number of aryl methyl sites for hydroxylation is 1. The molecule has 1 fully saturated rings. The van der Waals surface area contributed by atoms with Crippen molar-refractivity contribution in [2.75, 3.05) is 27.2 Å². The number of hydrogen-bond acceptors (Lipinski definition) is 3. The third-order valence-corrected chi connectivity index (χ3v) is 3.95. The highest BCUT2D eigenvalue weighted by atomic mass is 35.5. The number of benzene rings is 1. The molecule has 1 aliphatic rings. The summed E-state index contributed by atoms with van der Waals surface area (Å²) in [6.45, 7) is 2.05. The van der Waals surface area contributed by atoms with Crippen LogP contribution in [0.25, 0.3) is 0 Å². The second-order valence-electron chi connectivity index (χ2n) is 5.31. The number of likely N-dealkylation sites (tertiary alicyclic amines) is 1. The molecule has 1 unspecified atom stereocenters. The molecule has 1 aromatic rings. The molecule has 4 heteroatoms. The van der Waals surface area contributed by atoms with E-state index in [2.05, 4.69) is 11.9 Å². The normalized spacial score (nSPS) is 24.4. The van der Waals surface area contributed by atoms with E-state index in [0.29, 0.717) is 0 Å². The largest absolute Gasteiger partial charge is 0.496 e. The van der Waals surface area contributed by atoms with E-state index in [1.54, 1.807) is 7.11 Å². The third-order valence-electron chi connectivity index (χ3n) is 3.71. The van der Waals surface area contributed by atoms with E-state index >= 15 is 0 Å². The van der Waals surface area contributed by atoms with Crippen molar-refractivity contribution in [2.45, 2.75) is 24.8 Å². The number of ether oxygens (including phenoxy) is 1. The first-order valence-corrected chi connectivity index (χ1v) is 6.70. The highest BCUT2D eigenvalue weighted by Crippen LogP contribution is 2.28. The van der Waals surface area contributed by atoms with Crippen molar-refractivity contribution in [3.63, 3.8) is 0 Å². The molecule has 0 aromatic heterocycles. The van der Waals surface area contributed by atoms with Gasteiger partial charge in [-0.2, -0.15) is 0 Å². The summed E-state index contributed by atoms with van der Waals surface area (Å²) in [6, 6.07) is 5.75. The van der Waals surface area contributed by atoms with Crippen LogP contribution >= 0.6 is 11.6 Å². The highest BCUT2D eigenvalue weighted by Gasteiger charge is 2.32. The Morgan fingerprint density at radius 1 is 1.50 bits per heavy atom. The van der Waals surface area contributed by atoms with Crippen LogP contribution in [-0.4, -0.2) is 37.7 Å². The number of nitrogens with zero attached hydrogens (tertiary/aromatic N) is 1. The summed E-state index contributed by atoms with van der Waals surface area (Å²) >= 11 is 6.03. The SMILES string of the molecule is COc1ccc(Cl)cc1CCC1(N)CCN(C)C1. The van der Waals surface area contributed by atoms with Crippen LogP contribution in [0.3, 0.4) is 0 Å². The van der Waals surface area contributed by atoms with Crippen molar-refractivity contribution in [3.8, 4) is 5.75 Å². The van der Waals surface area contributed by atoms with Gasteiger partial charge >= 0.3 is 0 Å². The molecule has 0 radical (unpaired) electrons. The Kier molecular flexibility index (Phi) is 4.15. The molecule has 0 amide bonds. The molecule has 2 N–H and O–H groups in total. The summed E-state index contributed by atoms with van der Waals surface area (Å²) in [4.78, 5) is 2.29. The van der Waals surface area contributed by atoms with Crippen molar-refractivity contribution in [1.29, 1.82) is 0 Å². The van der Waals surface area contributed by atoms with Crippen LogP contribution in [0, 0.1) is 0 Å². The maximum Gasteiger partial charge on any atom is 0.122 e. The monoisotopic (exact) mass is 268 g/mol. The lowest BCUT2D eigenvalue weighted by Gasteiger charge is -2.24. The molecule has 18 heavy (non-hydrogen) atoms. The maximum atomic E-state index is 6.41. The Hall–Kier alpha value is -0.770. The van der Waals surface area contributed by atoms with Gasteiger partial charge in [-0.15, -0.1) is 0 Å². The number of halogens is 1. The second-order valence-corrected chi connectivity index (χ2v) is 5.74. The van der Waals surface area contributed by atoms with E-state index in [1.165, 1.54) is 0 Å². The predicted octanol–water partition coefficient (Wildman–Crippen LogP) is 2.31. The Labute approximate surface area is 114 Å². The van der Waals surface area contributed by atoms with Crippen LogP contribution in [0.2, 0.25) is 5.02 Å². The van der Waals surface area contributed by atoms with Gasteiger partial charge in [-0.25, -0.2) is 0 Å². The van der Waals surface area contributed by atoms with E-state index in [9.17, 15) is 0 Å². The lowest BCUT2D eigenvalue weighted by Crippen LogP contribution is -2.42. The highest BCUT2D eigenvalue weighted by molar-refractivity contribution is 6.30. The van der Waals surface area contributed by atoms with Gasteiger partial charge in [0.2, 0.25) is 0 Å². The average molecular weight is 269 g/mol. The van der Waals surface area contributed by atoms with Gasteiger partial charge in [0.1, 0.15) is 5.75 Å². The molecular weight excluding hydrogens is 248 g/mol. The Morgan fingerprint density at radius 3 is 2.89 bits per heavy atom. The Balaban J connectivity index is 2.03. The van der Waals surface area contributed by atoms with Gasteiger partial charge in [0.15, 0.2) is 0 Å². The number of rotatable bonds is 4. The van der Waals surface area contributed by atoms with Crippen molar-refractivity contribution in [1.82, 2.24) is 4.90 Å². The average Bonchev–Trinajstić information content (AvgIpc) is 2.68. The summed E-state index contributed by atoms with van der Waals surface area (Å²) in [5.41, 5.74) is 7.49. The lowest BCUT2D eigenvalue weighted by atomic mass is 9.91. The molecule has 0 bridgehead atoms. The van der Waals surface area contributed by atoms with Gasteiger partial charge in [-0.1, -0.05) is 11.6 Å². The topological polar surface area (TPSA) is 38.5 Å². The predicted molar refractivity (Wildman–Crippen MR) is 75.4 cm³/mol. The van der Waals surface area contributed by atoms with Gasteiger partial charge in [-0.05, 0) is 56.6 Å². The lowest BCUT2D eigenvalue weighted by molar-refractivity contribution is 0.351. The van der Waals surface area contributed by atoms with Gasteiger partial charge < -0.3 is 15.4 Å². The van der Waals surface area contributed by atoms with Gasteiger partial charge in [0.05, 0.1) is 7.11 Å². The Morgan fingerprint density at radius 2 is 2.28 bits per heavy atom. The molecule has 1 heterocycles. The van der Waals surface area contributed by atoms with Crippen LogP contribution in [0.1, 0.15) is 18.4 Å². The van der Waals surface area contributed by atoms with Crippen LogP contribution in [0.15, 0.2) is 18.2 Å². The van der Waals surface area contributed by atoms with Crippen molar-refractivity contribution in [2.24, 2.45) is 5.73 Å². The molecule has 1 atom stereocenters. The van der Waals surface area contributed by atoms with Crippen molar-refractivity contribution in [3.05, 3.63) is 28.8 Å². The number of methoxy groups -OCH3 is 1. The van der Waals surface area contributed by atoms with E-state index in [1.807, 2.05) is 18.2 Å². The van der Waals surface area contributed by atoms with Crippen LogP contribution in [0.4, 0.5) is 0 Å². The molecule has 100 valence electrons. The molecular formula is C14H21ClN2O. The molecule has 1 aliphatic heterocycles. The molecule has 1 aromatic carbocycles. The zero-order chi connectivity index (χ0) is 13.2. The fourth-order valence-corrected chi connectivity index (χ4v) is 2.83. The fraction of sp³-hybridized carbons (Fsp3) is 0.571. The smallest absolute Gasteiger partial charge is 0.122 e. The summed E-state index contributed by atoms with van der Waals surface area (Å²) < 4.78 is 5.36. The molecule has 3 nitrogen and oxygen atoms in total. The molecule has 1 saturated heterocycles. The van der Waals surface area contributed by atoms with Gasteiger partial charge in [0, 0.05) is 17.1 Å². The zero-order valence-electron chi connectivity index (χ0n) is 11.1. The first-order chi connectivity index (χ1) is 8.52. The van der Waals surface area contributed by atoms with Crippen LogP contribution in [-0.2, 0) is 6.42 Å². The van der Waals surface area contributed by atoms with Crippen LogP contribution < -0.4 is 10.5 Å². The Bertz CT molecular complexity index is 424. The standard InChI is InChI=1S/C14H21ClN2O/c1-17-8-7-14(16,10-17)6-5-11-9-12(15)3-4-13(11)18-2/h3-4,9H,5-8,10,16H2,1-2H3. The van der Waals surface area contributed by atoms with Gasteiger partial charge in [0.25, 0.3) is 0 Å². The van der Waals surface area contributed by atoms with E-state index in [0.717, 1.165) is 48.7 Å². The first kappa shape index (κ1) is 13.7. The molecule has 0 saturated carbocycles. The van der Waals surface area contributed by atoms with E-state index in [4.69, 9.17) is 22.1 Å². The van der Waals surface area contributed by atoms with E-state index < -0.39 is 0 Å². The number of likely N-dealkylation sites (N-methyl/N-ethyl adjacent to an activating group) is 1. The summed E-state index contributed by atoms with van der Waals surface area (Å²) in [7, 11) is 3.81. The number of nitrogens with two attached hydrogens (primary N) is 1. The fourth-order valence-electron chi connectivity index (χ4n) is 2.64. The summed E-state index contributed by atoms with van der Waals surface area (Å²) in [6.07, 6.45) is 2.94. The maximum absolute atomic E-state index is 6.41. The molecule has 0 aliphatic carbocycles. The quantitative estimate of drug-likeness (QED) is 0.911. The second kappa shape index (κ2) is 5.47. The minimum atomic E-state index is -0.0674. The van der Waals surface area contributed by atoms with Gasteiger partial charge in [-0.3, -0.25) is 0 Å². The van der Waals surface area contributed by atoms with Crippen molar-refractivity contribution < 1.29 is 4.74 Å². The zero-order valence-corrected chi connectivity index (χ0v) is 11.8. The first-order valence-electron chi connectivity index (χ1n) is 6.32. The van der Waals surface area contributed by atoms with Crippen molar-refractivity contribution >= 4 is 11.6 Å². The van der Waals surface area contributed by atoms with Crippen LogP contribution in [0.5, 0.6) is 5.75 Å². The molecule has 2 rings (SSSR count). The summed E-state index contributed by atoms with van der Waals surface area (Å²) in [5.74, 6) is 0.898. The third kappa shape index (κ3) is 3.16. The number of hydrogen-bond donors (Lipinski definition) is 1. The van der Waals surface area contributed by atoms with E-state index in [-0.39, 0.29) is 5.54 Å². The molecule has 0 spiro atoms. The minimum Gasteiger partial charge on any atom is -0.496 e. The minimum absolute atomic E-state index is 0.0674. The summed E-state index contributed by atoms with van der Waals surface area (Å²) in [5, 5.41) is 0.750.